The summed E-state index contributed by atoms with van der Waals surface area (Å²) in [6.07, 6.45) is 0. The third-order valence-electron chi connectivity index (χ3n) is 5.37. The normalized spacial score (nSPS) is 15.9. The van der Waals surface area contributed by atoms with Crippen molar-refractivity contribution in [1.29, 1.82) is 0 Å². The number of para-hydroxylation sites is 1. The SMILES string of the molecule is Cc1nnc(SC(C)C(=O)N2CCN(Cc3ccccc3)CC2)n1-c1ccccc1. The minimum Gasteiger partial charge on any atom is -0.339 e. The molecule has 1 atom stereocenters. The number of nitrogens with zero attached hydrogens (tertiary/aromatic N) is 5. The summed E-state index contributed by atoms with van der Waals surface area (Å²) in [6, 6.07) is 20.5. The van der Waals surface area contributed by atoms with Crippen molar-refractivity contribution in [2.45, 2.75) is 30.8 Å². The van der Waals surface area contributed by atoms with E-state index in [1.165, 1.54) is 17.3 Å². The van der Waals surface area contributed by atoms with Crippen molar-refractivity contribution < 1.29 is 4.79 Å². The first kappa shape index (κ1) is 20.6. The van der Waals surface area contributed by atoms with Crippen LogP contribution in [0.3, 0.4) is 0 Å². The molecule has 2 aromatic carbocycles. The van der Waals surface area contributed by atoms with Crippen molar-refractivity contribution in [3.05, 3.63) is 72.1 Å². The van der Waals surface area contributed by atoms with Gasteiger partial charge in [0.2, 0.25) is 5.91 Å². The molecule has 0 aliphatic carbocycles. The van der Waals surface area contributed by atoms with E-state index in [0.29, 0.717) is 0 Å². The Morgan fingerprint density at radius 2 is 1.60 bits per heavy atom. The Bertz CT molecular complexity index is 968. The summed E-state index contributed by atoms with van der Waals surface area (Å²) in [4.78, 5) is 17.4. The van der Waals surface area contributed by atoms with Crippen LogP contribution in [-0.2, 0) is 11.3 Å². The largest absolute Gasteiger partial charge is 0.339 e. The maximum absolute atomic E-state index is 13.1. The average Bonchev–Trinajstić information content (AvgIpc) is 3.15. The third kappa shape index (κ3) is 4.74. The van der Waals surface area contributed by atoms with Crippen LogP contribution in [0.4, 0.5) is 0 Å². The van der Waals surface area contributed by atoms with Gasteiger partial charge in [-0.25, -0.2) is 0 Å². The minimum atomic E-state index is -0.211. The molecule has 0 radical (unpaired) electrons. The maximum atomic E-state index is 13.1. The van der Waals surface area contributed by atoms with Crippen LogP contribution in [0.15, 0.2) is 65.8 Å². The number of piperazine rings is 1. The van der Waals surface area contributed by atoms with Crippen molar-refractivity contribution in [2.24, 2.45) is 0 Å². The molecule has 0 bridgehead atoms. The number of aryl methyl sites for hydroxylation is 1. The summed E-state index contributed by atoms with van der Waals surface area (Å²) < 4.78 is 2.01. The van der Waals surface area contributed by atoms with Crippen LogP contribution in [0.1, 0.15) is 18.3 Å². The molecule has 1 fully saturated rings. The van der Waals surface area contributed by atoms with Gasteiger partial charge in [-0.15, -0.1) is 10.2 Å². The smallest absolute Gasteiger partial charge is 0.235 e. The molecule has 30 heavy (non-hydrogen) atoms. The van der Waals surface area contributed by atoms with Crippen molar-refractivity contribution in [3.8, 4) is 5.69 Å². The van der Waals surface area contributed by atoms with Gasteiger partial charge in [0.1, 0.15) is 5.82 Å². The molecule has 7 heteroatoms. The quantitative estimate of drug-likeness (QED) is 0.571. The van der Waals surface area contributed by atoms with E-state index in [-0.39, 0.29) is 11.2 Å². The van der Waals surface area contributed by atoms with Gasteiger partial charge in [0.25, 0.3) is 0 Å². The lowest BCUT2D eigenvalue weighted by molar-refractivity contribution is -0.132. The molecule has 0 saturated carbocycles. The number of aromatic nitrogens is 3. The van der Waals surface area contributed by atoms with Crippen LogP contribution in [-0.4, -0.2) is 61.9 Å². The molecule has 4 rings (SSSR count). The molecule has 2 heterocycles. The molecule has 0 spiro atoms. The van der Waals surface area contributed by atoms with E-state index in [1.807, 2.05) is 59.7 Å². The maximum Gasteiger partial charge on any atom is 0.235 e. The van der Waals surface area contributed by atoms with E-state index in [1.54, 1.807) is 0 Å². The Labute approximate surface area is 181 Å². The number of hydrogen-bond acceptors (Lipinski definition) is 5. The van der Waals surface area contributed by atoms with Gasteiger partial charge in [0.15, 0.2) is 5.16 Å². The number of benzene rings is 2. The van der Waals surface area contributed by atoms with Gasteiger partial charge >= 0.3 is 0 Å². The van der Waals surface area contributed by atoms with Crippen LogP contribution in [0.2, 0.25) is 0 Å². The van der Waals surface area contributed by atoms with Crippen LogP contribution < -0.4 is 0 Å². The Morgan fingerprint density at radius 1 is 0.967 bits per heavy atom. The van der Waals surface area contributed by atoms with E-state index < -0.39 is 0 Å². The van der Waals surface area contributed by atoms with Crippen LogP contribution >= 0.6 is 11.8 Å². The third-order valence-corrected chi connectivity index (χ3v) is 6.40. The molecule has 1 amide bonds. The second-order valence-corrected chi connectivity index (χ2v) is 8.86. The number of rotatable bonds is 6. The lowest BCUT2D eigenvalue weighted by atomic mass is 10.2. The highest BCUT2D eigenvalue weighted by Crippen LogP contribution is 2.26. The molecular formula is C23H27N5OS. The lowest BCUT2D eigenvalue weighted by Gasteiger charge is -2.35. The molecule has 1 aliphatic rings. The summed E-state index contributed by atoms with van der Waals surface area (Å²) in [5.74, 6) is 0.984. The lowest BCUT2D eigenvalue weighted by Crippen LogP contribution is -2.50. The number of thioether (sulfide) groups is 1. The van der Waals surface area contributed by atoms with E-state index in [4.69, 9.17) is 0 Å². The molecule has 3 aromatic rings. The molecule has 0 N–H and O–H groups in total. The van der Waals surface area contributed by atoms with Crippen LogP contribution in [0.5, 0.6) is 0 Å². The molecule has 1 saturated heterocycles. The van der Waals surface area contributed by atoms with E-state index in [9.17, 15) is 4.79 Å². The molecule has 1 unspecified atom stereocenters. The van der Waals surface area contributed by atoms with Crippen molar-refractivity contribution in [2.75, 3.05) is 26.2 Å². The summed E-state index contributed by atoms with van der Waals surface area (Å²) in [5.41, 5.74) is 2.33. The zero-order valence-electron chi connectivity index (χ0n) is 17.4. The number of carbonyl (C=O) groups is 1. The van der Waals surface area contributed by atoms with Crippen LogP contribution in [0, 0.1) is 6.92 Å². The minimum absolute atomic E-state index is 0.166. The topological polar surface area (TPSA) is 54.3 Å². The second-order valence-electron chi connectivity index (χ2n) is 7.55. The highest BCUT2D eigenvalue weighted by atomic mass is 32.2. The van der Waals surface area contributed by atoms with Gasteiger partial charge in [-0.05, 0) is 31.5 Å². The Hall–Kier alpha value is -2.64. The molecule has 1 aromatic heterocycles. The van der Waals surface area contributed by atoms with Crippen molar-refractivity contribution in [3.63, 3.8) is 0 Å². The van der Waals surface area contributed by atoms with Gasteiger partial charge in [0, 0.05) is 38.4 Å². The van der Waals surface area contributed by atoms with Crippen LogP contribution in [0.25, 0.3) is 5.69 Å². The van der Waals surface area contributed by atoms with E-state index in [0.717, 1.165) is 49.4 Å². The molecule has 156 valence electrons. The zero-order chi connectivity index (χ0) is 20.9. The molecule has 6 nitrogen and oxygen atoms in total. The molecule has 1 aliphatic heterocycles. The highest BCUT2D eigenvalue weighted by molar-refractivity contribution is 8.00. The monoisotopic (exact) mass is 421 g/mol. The van der Waals surface area contributed by atoms with Crippen molar-refractivity contribution >= 4 is 17.7 Å². The van der Waals surface area contributed by atoms with Crippen molar-refractivity contribution in [1.82, 2.24) is 24.6 Å². The average molecular weight is 422 g/mol. The number of carbonyl (C=O) groups excluding carboxylic acids is 1. The first-order valence-corrected chi connectivity index (χ1v) is 11.2. The first-order valence-electron chi connectivity index (χ1n) is 10.3. The summed E-state index contributed by atoms with van der Waals surface area (Å²) in [5, 5.41) is 9.08. The standard InChI is InChI=1S/C23H27N5OS/c1-18(30-23-25-24-19(2)28(23)21-11-7-4-8-12-21)22(29)27-15-13-26(14-16-27)17-20-9-5-3-6-10-20/h3-12,18H,13-17H2,1-2H3. The van der Waals surface area contributed by atoms with Gasteiger partial charge in [-0.2, -0.15) is 0 Å². The van der Waals surface area contributed by atoms with Gasteiger partial charge in [-0.1, -0.05) is 60.3 Å². The fourth-order valence-electron chi connectivity index (χ4n) is 3.73. The van der Waals surface area contributed by atoms with Gasteiger partial charge in [-0.3, -0.25) is 14.3 Å². The van der Waals surface area contributed by atoms with E-state index >= 15 is 0 Å². The van der Waals surface area contributed by atoms with Gasteiger partial charge < -0.3 is 4.90 Å². The number of amides is 1. The zero-order valence-corrected chi connectivity index (χ0v) is 18.3. The fourth-order valence-corrected chi connectivity index (χ4v) is 4.72. The highest BCUT2D eigenvalue weighted by Gasteiger charge is 2.27. The van der Waals surface area contributed by atoms with Gasteiger partial charge in [0.05, 0.1) is 5.25 Å². The predicted molar refractivity (Wildman–Crippen MR) is 120 cm³/mol. The fraction of sp³-hybridized carbons (Fsp3) is 0.348. The summed E-state index contributed by atoms with van der Waals surface area (Å²) >= 11 is 1.48. The summed E-state index contributed by atoms with van der Waals surface area (Å²) in [7, 11) is 0. The predicted octanol–water partition coefficient (Wildman–Crippen LogP) is 3.40. The second kappa shape index (κ2) is 9.45. The Kier molecular flexibility index (Phi) is 6.50. The number of hydrogen-bond donors (Lipinski definition) is 0. The first-order chi connectivity index (χ1) is 14.6. The summed E-state index contributed by atoms with van der Waals surface area (Å²) in [6.45, 7) is 8.16. The molecular weight excluding hydrogens is 394 g/mol. The van der Waals surface area contributed by atoms with E-state index in [2.05, 4.69) is 39.4 Å². The Morgan fingerprint density at radius 3 is 2.27 bits per heavy atom. The Balaban J connectivity index is 1.35.